The molecule has 11 atom stereocenters. The van der Waals surface area contributed by atoms with Gasteiger partial charge in [-0.15, -0.1) is 0 Å². The van der Waals surface area contributed by atoms with Crippen LogP contribution in [-0.2, 0) is 4.79 Å². The lowest BCUT2D eigenvalue weighted by atomic mass is 9.33. The van der Waals surface area contributed by atoms with E-state index in [0.29, 0.717) is 30.6 Å². The fourth-order valence-corrected chi connectivity index (χ4v) is 13.7. The van der Waals surface area contributed by atoms with Crippen LogP contribution >= 0.6 is 0 Å². The summed E-state index contributed by atoms with van der Waals surface area (Å²) in [6, 6.07) is -1.70. The highest BCUT2D eigenvalue weighted by molar-refractivity contribution is 5.75. The van der Waals surface area contributed by atoms with E-state index in [4.69, 9.17) is 5.73 Å². The minimum absolute atomic E-state index is 0.000781. The lowest BCUT2D eigenvalue weighted by Gasteiger charge is -2.72. The molecule has 48 heavy (non-hydrogen) atoms. The number of fused-ring (bicyclic) bond motifs is 7. The Morgan fingerprint density at radius 1 is 0.979 bits per heavy atom. The van der Waals surface area contributed by atoms with Crippen molar-refractivity contribution in [3.63, 3.8) is 0 Å². The summed E-state index contributed by atoms with van der Waals surface area (Å²) >= 11 is 0. The minimum atomic E-state index is -4.38. The Hall–Kier alpha value is -1.67. The van der Waals surface area contributed by atoms with Gasteiger partial charge in [0.25, 0.3) is 0 Å². The molecule has 0 amide bonds. The SMILES string of the molecule is C=C(C)[C@@H]1CCC2(NC(CN)C(F)(F)F)CC[C@]3(C)C(CC[C@@H]4[C@@]5(C)CC=C(C6=CC[C@](CF)(C(=O)O)CC6)C(C)(C)[C@@H]5CC[C@]43C)[C@@H]12. The first-order valence-corrected chi connectivity index (χ1v) is 18.7. The lowest BCUT2D eigenvalue weighted by Crippen LogP contribution is -2.69. The molecule has 6 aliphatic carbocycles. The van der Waals surface area contributed by atoms with E-state index < -0.39 is 42.4 Å². The first kappa shape index (κ1) is 36.1. The second kappa shape index (κ2) is 11.7. The maximum absolute atomic E-state index is 14.2. The Labute approximate surface area is 285 Å². The fraction of sp³-hybridized carbons (Fsp3) is 0.825. The largest absolute Gasteiger partial charge is 0.481 e. The van der Waals surface area contributed by atoms with Gasteiger partial charge in [0.05, 0.1) is 5.41 Å². The molecule has 6 aliphatic rings. The molecule has 0 spiro atoms. The lowest BCUT2D eigenvalue weighted by molar-refractivity contribution is -0.225. The molecule has 0 bridgehead atoms. The van der Waals surface area contributed by atoms with E-state index in [9.17, 15) is 27.5 Å². The molecule has 0 aromatic heterocycles. The van der Waals surface area contributed by atoms with Gasteiger partial charge in [-0.1, -0.05) is 58.9 Å². The number of halogens is 4. The van der Waals surface area contributed by atoms with Crippen LogP contribution in [0.15, 0.2) is 35.5 Å². The average Bonchev–Trinajstić information content (AvgIpc) is 3.39. The quantitative estimate of drug-likeness (QED) is 0.186. The van der Waals surface area contributed by atoms with Crippen molar-refractivity contribution in [2.45, 2.75) is 136 Å². The van der Waals surface area contributed by atoms with Gasteiger partial charge in [-0.05, 0) is 146 Å². The van der Waals surface area contributed by atoms with Crippen molar-refractivity contribution in [1.29, 1.82) is 0 Å². The predicted octanol–water partition coefficient (Wildman–Crippen LogP) is 9.56. The predicted molar refractivity (Wildman–Crippen MR) is 183 cm³/mol. The van der Waals surface area contributed by atoms with Crippen molar-refractivity contribution in [3.05, 3.63) is 35.5 Å². The van der Waals surface area contributed by atoms with Gasteiger partial charge >= 0.3 is 12.1 Å². The number of rotatable bonds is 7. The number of nitrogens with two attached hydrogens (primary N) is 1. The highest BCUT2D eigenvalue weighted by Gasteiger charge is 2.71. The molecular formula is C40H60F4N2O2. The first-order chi connectivity index (χ1) is 22.3. The molecular weight excluding hydrogens is 616 g/mol. The summed E-state index contributed by atoms with van der Waals surface area (Å²) in [5.41, 5.74) is 7.54. The number of allylic oxidation sites excluding steroid dienone is 5. The first-order valence-electron chi connectivity index (χ1n) is 18.7. The molecule has 6 rings (SSSR count). The van der Waals surface area contributed by atoms with Gasteiger partial charge in [0.2, 0.25) is 0 Å². The number of hydrogen-bond donors (Lipinski definition) is 3. The Morgan fingerprint density at radius 2 is 1.69 bits per heavy atom. The minimum Gasteiger partial charge on any atom is -0.481 e. The molecule has 0 heterocycles. The van der Waals surface area contributed by atoms with Crippen molar-refractivity contribution in [3.8, 4) is 0 Å². The van der Waals surface area contributed by atoms with E-state index in [1.165, 1.54) is 11.1 Å². The Balaban J connectivity index is 1.32. The van der Waals surface area contributed by atoms with Crippen LogP contribution in [0, 0.1) is 56.7 Å². The normalized spacial score (nSPS) is 45.9. The molecule has 0 saturated heterocycles. The van der Waals surface area contributed by atoms with E-state index in [1.54, 1.807) is 0 Å². The maximum atomic E-state index is 14.2. The fourth-order valence-electron chi connectivity index (χ4n) is 13.7. The Kier molecular flexibility index (Phi) is 8.79. The zero-order chi connectivity index (χ0) is 35.3. The van der Waals surface area contributed by atoms with Crippen LogP contribution in [-0.4, -0.2) is 42.1 Å². The molecule has 4 fully saturated rings. The number of carbonyl (C=O) groups is 1. The molecule has 4 N–H and O–H groups in total. The van der Waals surface area contributed by atoms with Gasteiger partial charge in [-0.25, -0.2) is 4.39 Å². The summed E-state index contributed by atoms with van der Waals surface area (Å²) in [5, 5.41) is 13.0. The second-order valence-corrected chi connectivity index (χ2v) is 18.5. The van der Waals surface area contributed by atoms with Crippen molar-refractivity contribution in [2.24, 2.45) is 62.4 Å². The number of carboxylic acids is 1. The zero-order valence-electron chi connectivity index (χ0n) is 30.2. The number of aliphatic carboxylic acids is 1. The molecule has 0 aliphatic heterocycles. The number of nitrogens with one attached hydrogen (secondary N) is 1. The third-order valence-corrected chi connectivity index (χ3v) is 16.4. The molecule has 0 radical (unpaired) electrons. The van der Waals surface area contributed by atoms with Gasteiger partial charge in [0, 0.05) is 12.1 Å². The number of alkyl halides is 4. The number of hydrogen-bond acceptors (Lipinski definition) is 3. The Bertz CT molecular complexity index is 1390. The summed E-state index contributed by atoms with van der Waals surface area (Å²) in [6.07, 6.45) is 9.79. The van der Waals surface area contributed by atoms with Crippen LogP contribution in [0.5, 0.6) is 0 Å². The highest BCUT2D eigenvalue weighted by Crippen LogP contribution is 2.76. The van der Waals surface area contributed by atoms with Crippen molar-refractivity contribution in [1.82, 2.24) is 5.32 Å². The summed E-state index contributed by atoms with van der Waals surface area (Å²) in [5.74, 6) is 0.543. The van der Waals surface area contributed by atoms with E-state index in [0.717, 1.165) is 63.4 Å². The molecule has 4 nitrogen and oxygen atoms in total. The summed E-state index contributed by atoms with van der Waals surface area (Å²) < 4.78 is 56.4. The molecule has 3 unspecified atom stereocenters. The van der Waals surface area contributed by atoms with Gasteiger partial charge in [-0.3, -0.25) is 10.1 Å². The van der Waals surface area contributed by atoms with Crippen LogP contribution in [0.1, 0.15) is 119 Å². The van der Waals surface area contributed by atoms with Crippen LogP contribution < -0.4 is 11.1 Å². The van der Waals surface area contributed by atoms with E-state index in [2.05, 4.69) is 59.5 Å². The number of carboxylic acid groups (broad SMARTS) is 1. The molecule has 0 aromatic rings. The van der Waals surface area contributed by atoms with E-state index in [-0.39, 0.29) is 39.9 Å². The smallest absolute Gasteiger partial charge is 0.405 e. The second-order valence-electron chi connectivity index (χ2n) is 18.5. The van der Waals surface area contributed by atoms with Crippen molar-refractivity contribution >= 4 is 5.97 Å². The van der Waals surface area contributed by atoms with Crippen molar-refractivity contribution in [2.75, 3.05) is 13.2 Å². The van der Waals surface area contributed by atoms with E-state index >= 15 is 0 Å². The van der Waals surface area contributed by atoms with Gasteiger partial charge < -0.3 is 10.8 Å². The van der Waals surface area contributed by atoms with Crippen LogP contribution in [0.3, 0.4) is 0 Å². The molecule has 0 aromatic carbocycles. The van der Waals surface area contributed by atoms with Crippen LogP contribution in [0.2, 0.25) is 0 Å². The topological polar surface area (TPSA) is 75.3 Å². The van der Waals surface area contributed by atoms with Crippen LogP contribution in [0.4, 0.5) is 17.6 Å². The summed E-state index contributed by atoms with van der Waals surface area (Å²) in [6.45, 7) is 17.5. The summed E-state index contributed by atoms with van der Waals surface area (Å²) in [7, 11) is 0. The zero-order valence-corrected chi connectivity index (χ0v) is 30.2. The van der Waals surface area contributed by atoms with Gasteiger partial charge in [-0.2, -0.15) is 13.2 Å². The van der Waals surface area contributed by atoms with Crippen LogP contribution in [0.25, 0.3) is 0 Å². The summed E-state index contributed by atoms with van der Waals surface area (Å²) in [4.78, 5) is 11.9. The average molecular weight is 677 g/mol. The van der Waals surface area contributed by atoms with Gasteiger partial charge in [0.1, 0.15) is 12.7 Å². The Morgan fingerprint density at radius 3 is 2.25 bits per heavy atom. The third kappa shape index (κ3) is 4.98. The monoisotopic (exact) mass is 676 g/mol. The highest BCUT2D eigenvalue weighted by atomic mass is 19.4. The van der Waals surface area contributed by atoms with Gasteiger partial charge in [0.15, 0.2) is 0 Å². The van der Waals surface area contributed by atoms with Crippen molar-refractivity contribution < 1.29 is 27.5 Å². The van der Waals surface area contributed by atoms with E-state index in [1.807, 2.05) is 6.08 Å². The third-order valence-electron chi connectivity index (χ3n) is 16.4. The molecule has 4 saturated carbocycles. The molecule has 8 heteroatoms. The standard InChI is InChI=1S/C40H60F4N2O2/c1-24(2)26-12-19-39(46-31(22-45)40(42,43)44)21-20-36(6)28(32(26)39)8-9-30-35(5)15-13-27(34(3,4)29(35)14-16-37(30,36)7)25-10-17-38(23-41,18-11-25)33(47)48/h10,13,26,28-32,46H,1,8-9,11-12,14-23,45H2,2-7H3,(H,47,48)/t26-,28?,29-,30+,31?,32+,35-,36+,37+,38-,39?/m0/s1. The maximum Gasteiger partial charge on any atom is 0.405 e. The molecule has 270 valence electrons.